The van der Waals surface area contributed by atoms with Crippen LogP contribution in [0.4, 0.5) is 0 Å². The number of nitrogens with zero attached hydrogens (tertiary/aromatic N) is 2. The lowest BCUT2D eigenvalue weighted by Crippen LogP contribution is -2.39. The van der Waals surface area contributed by atoms with Crippen molar-refractivity contribution < 1.29 is 0 Å². The van der Waals surface area contributed by atoms with E-state index >= 15 is 0 Å². The lowest BCUT2D eigenvalue weighted by molar-refractivity contribution is 0.328. The van der Waals surface area contributed by atoms with E-state index in [1.807, 2.05) is 18.4 Å². The summed E-state index contributed by atoms with van der Waals surface area (Å²) in [6.45, 7) is 7.59. The third-order valence-electron chi connectivity index (χ3n) is 5.21. The first kappa shape index (κ1) is 19.9. The quantitative estimate of drug-likeness (QED) is 0.540. The second-order valence-electron chi connectivity index (χ2n) is 7.22. The Bertz CT molecular complexity index is 710. The molecule has 1 aromatic heterocycles. The van der Waals surface area contributed by atoms with Crippen LogP contribution in [-0.2, 0) is 19.4 Å². The standard InChI is InChI=1S/C22H32N4S/c1-3-20-9-10-21(27-20)16-25-22(23-2)24-15-19-12-14-26(17-19)13-11-18-7-5-4-6-8-18/h4-10,19H,3,11-17H2,1-2H3,(H2,23,24,25). The highest BCUT2D eigenvalue weighted by Crippen LogP contribution is 2.17. The van der Waals surface area contributed by atoms with Gasteiger partial charge in [0.15, 0.2) is 5.96 Å². The molecule has 2 aromatic rings. The maximum absolute atomic E-state index is 4.37. The van der Waals surface area contributed by atoms with Crippen LogP contribution in [0.1, 0.15) is 28.7 Å². The third kappa shape index (κ3) is 6.36. The number of benzene rings is 1. The SMILES string of the molecule is CCc1ccc(CNC(=NC)NCC2CCN(CCc3ccccc3)C2)s1. The van der Waals surface area contributed by atoms with Crippen molar-refractivity contribution in [2.24, 2.45) is 10.9 Å². The minimum absolute atomic E-state index is 0.702. The van der Waals surface area contributed by atoms with Crippen LogP contribution in [0.3, 0.4) is 0 Å². The van der Waals surface area contributed by atoms with Crippen molar-refractivity contribution in [3.05, 3.63) is 57.8 Å². The summed E-state index contributed by atoms with van der Waals surface area (Å²) in [4.78, 5) is 9.77. The molecule has 2 N–H and O–H groups in total. The Morgan fingerprint density at radius 1 is 1.15 bits per heavy atom. The molecule has 2 heterocycles. The van der Waals surface area contributed by atoms with Crippen molar-refractivity contribution in [3.8, 4) is 0 Å². The fourth-order valence-corrected chi connectivity index (χ4v) is 4.45. The lowest BCUT2D eigenvalue weighted by atomic mass is 10.1. The molecular formula is C22H32N4S. The Hall–Kier alpha value is -1.85. The minimum atomic E-state index is 0.702. The highest BCUT2D eigenvalue weighted by molar-refractivity contribution is 7.11. The van der Waals surface area contributed by atoms with Crippen molar-refractivity contribution in [3.63, 3.8) is 0 Å². The molecule has 146 valence electrons. The molecular weight excluding hydrogens is 352 g/mol. The van der Waals surface area contributed by atoms with E-state index in [1.54, 1.807) is 0 Å². The van der Waals surface area contributed by atoms with E-state index < -0.39 is 0 Å². The number of nitrogens with one attached hydrogen (secondary N) is 2. The van der Waals surface area contributed by atoms with Crippen LogP contribution < -0.4 is 10.6 Å². The lowest BCUT2D eigenvalue weighted by Gasteiger charge is -2.17. The minimum Gasteiger partial charge on any atom is -0.356 e. The number of hydrogen-bond acceptors (Lipinski definition) is 3. The van der Waals surface area contributed by atoms with E-state index in [2.05, 4.69) is 69.9 Å². The van der Waals surface area contributed by atoms with Crippen LogP contribution in [-0.4, -0.2) is 44.1 Å². The number of thiophene rings is 1. The zero-order valence-electron chi connectivity index (χ0n) is 16.6. The molecule has 4 nitrogen and oxygen atoms in total. The van der Waals surface area contributed by atoms with Crippen LogP contribution in [0.25, 0.3) is 0 Å². The van der Waals surface area contributed by atoms with Crippen molar-refractivity contribution in [1.82, 2.24) is 15.5 Å². The molecule has 27 heavy (non-hydrogen) atoms. The number of likely N-dealkylation sites (tertiary alicyclic amines) is 1. The molecule has 1 atom stereocenters. The molecule has 1 unspecified atom stereocenters. The average molecular weight is 385 g/mol. The summed E-state index contributed by atoms with van der Waals surface area (Å²) in [6, 6.07) is 15.2. The first-order chi connectivity index (χ1) is 13.3. The van der Waals surface area contributed by atoms with Gasteiger partial charge in [0, 0.05) is 36.4 Å². The second-order valence-corrected chi connectivity index (χ2v) is 8.47. The van der Waals surface area contributed by atoms with E-state index in [4.69, 9.17) is 0 Å². The zero-order chi connectivity index (χ0) is 18.9. The van der Waals surface area contributed by atoms with Crippen molar-refractivity contribution in [2.45, 2.75) is 32.7 Å². The van der Waals surface area contributed by atoms with Crippen LogP contribution in [0.5, 0.6) is 0 Å². The fourth-order valence-electron chi connectivity index (χ4n) is 3.55. The van der Waals surface area contributed by atoms with Gasteiger partial charge >= 0.3 is 0 Å². The van der Waals surface area contributed by atoms with Gasteiger partial charge in [-0.3, -0.25) is 4.99 Å². The summed E-state index contributed by atoms with van der Waals surface area (Å²) in [6.07, 6.45) is 3.52. The van der Waals surface area contributed by atoms with E-state index in [1.165, 1.54) is 34.8 Å². The molecule has 0 amide bonds. The number of hydrogen-bond donors (Lipinski definition) is 2. The summed E-state index contributed by atoms with van der Waals surface area (Å²) < 4.78 is 0. The smallest absolute Gasteiger partial charge is 0.191 e. The predicted molar refractivity (Wildman–Crippen MR) is 117 cm³/mol. The molecule has 1 aliphatic heterocycles. The van der Waals surface area contributed by atoms with Gasteiger partial charge in [-0.2, -0.15) is 0 Å². The summed E-state index contributed by atoms with van der Waals surface area (Å²) in [5, 5.41) is 6.95. The number of guanidine groups is 1. The zero-order valence-corrected chi connectivity index (χ0v) is 17.4. The summed E-state index contributed by atoms with van der Waals surface area (Å²) in [5.41, 5.74) is 1.43. The maximum Gasteiger partial charge on any atom is 0.191 e. The summed E-state index contributed by atoms with van der Waals surface area (Å²) in [7, 11) is 1.85. The van der Waals surface area contributed by atoms with Gasteiger partial charge in [-0.1, -0.05) is 37.3 Å². The first-order valence-electron chi connectivity index (χ1n) is 10.0. The highest BCUT2D eigenvalue weighted by Gasteiger charge is 2.22. The molecule has 0 aliphatic carbocycles. The summed E-state index contributed by atoms with van der Waals surface area (Å²) in [5.74, 6) is 1.61. The van der Waals surface area contributed by atoms with Gasteiger partial charge in [-0.05, 0) is 49.4 Å². The van der Waals surface area contributed by atoms with E-state index in [0.29, 0.717) is 5.92 Å². The largest absolute Gasteiger partial charge is 0.356 e. The van der Waals surface area contributed by atoms with Crippen LogP contribution in [0, 0.1) is 5.92 Å². The van der Waals surface area contributed by atoms with Crippen molar-refractivity contribution in [2.75, 3.05) is 33.2 Å². The fraction of sp³-hybridized carbons (Fsp3) is 0.500. The molecule has 0 spiro atoms. The Morgan fingerprint density at radius 3 is 2.70 bits per heavy atom. The molecule has 3 rings (SSSR count). The molecule has 0 radical (unpaired) electrons. The maximum atomic E-state index is 4.37. The van der Waals surface area contributed by atoms with Crippen LogP contribution >= 0.6 is 11.3 Å². The van der Waals surface area contributed by atoms with Gasteiger partial charge in [0.2, 0.25) is 0 Å². The van der Waals surface area contributed by atoms with Gasteiger partial charge in [0.25, 0.3) is 0 Å². The Balaban J connectivity index is 1.35. The topological polar surface area (TPSA) is 39.7 Å². The molecule has 1 aliphatic rings. The molecule has 1 fully saturated rings. The predicted octanol–water partition coefficient (Wildman–Crippen LogP) is 3.54. The van der Waals surface area contributed by atoms with Gasteiger partial charge in [-0.15, -0.1) is 11.3 Å². The third-order valence-corrected chi connectivity index (χ3v) is 6.44. The van der Waals surface area contributed by atoms with Crippen molar-refractivity contribution >= 4 is 17.3 Å². The van der Waals surface area contributed by atoms with Crippen molar-refractivity contribution in [1.29, 1.82) is 0 Å². The first-order valence-corrected chi connectivity index (χ1v) is 10.9. The van der Waals surface area contributed by atoms with E-state index in [-0.39, 0.29) is 0 Å². The molecule has 1 saturated heterocycles. The normalized spacial score (nSPS) is 18.0. The monoisotopic (exact) mass is 384 g/mol. The average Bonchev–Trinajstić information content (AvgIpc) is 3.36. The number of rotatable bonds is 8. The Morgan fingerprint density at radius 2 is 1.96 bits per heavy atom. The number of aryl methyl sites for hydroxylation is 1. The summed E-state index contributed by atoms with van der Waals surface area (Å²) >= 11 is 1.88. The van der Waals surface area contributed by atoms with Gasteiger partial charge in [-0.25, -0.2) is 0 Å². The van der Waals surface area contributed by atoms with E-state index in [9.17, 15) is 0 Å². The molecule has 0 bridgehead atoms. The van der Waals surface area contributed by atoms with Gasteiger partial charge in [0.1, 0.15) is 0 Å². The highest BCUT2D eigenvalue weighted by atomic mass is 32.1. The Kier molecular flexibility index (Phi) is 7.72. The van der Waals surface area contributed by atoms with Gasteiger partial charge < -0.3 is 15.5 Å². The Labute approximate surface area is 167 Å². The van der Waals surface area contributed by atoms with Crippen LogP contribution in [0.15, 0.2) is 47.5 Å². The number of aliphatic imine (C=N–C) groups is 1. The van der Waals surface area contributed by atoms with Crippen LogP contribution in [0.2, 0.25) is 0 Å². The van der Waals surface area contributed by atoms with E-state index in [0.717, 1.165) is 38.4 Å². The van der Waals surface area contributed by atoms with Gasteiger partial charge in [0.05, 0.1) is 6.54 Å². The molecule has 1 aromatic carbocycles. The second kappa shape index (κ2) is 10.5. The molecule has 0 saturated carbocycles. The molecule has 5 heteroatoms.